The Hall–Kier alpha value is -3.03. The van der Waals surface area contributed by atoms with Gasteiger partial charge in [0.15, 0.2) is 0 Å². The normalized spacial score (nSPS) is 18.4. The van der Waals surface area contributed by atoms with Crippen LogP contribution in [0, 0.1) is 6.92 Å². The van der Waals surface area contributed by atoms with E-state index in [2.05, 4.69) is 15.9 Å². The van der Waals surface area contributed by atoms with Gasteiger partial charge >= 0.3 is 5.97 Å². The van der Waals surface area contributed by atoms with E-state index in [1.165, 1.54) is 37.9 Å². The van der Waals surface area contributed by atoms with E-state index in [4.69, 9.17) is 9.72 Å². The third-order valence-electron chi connectivity index (χ3n) is 8.69. The Kier molecular flexibility index (Phi) is 7.30. The molecule has 5 heterocycles. The van der Waals surface area contributed by atoms with Crippen LogP contribution in [0.3, 0.4) is 0 Å². The van der Waals surface area contributed by atoms with Gasteiger partial charge in [0.1, 0.15) is 0 Å². The number of esters is 1. The van der Waals surface area contributed by atoms with Crippen LogP contribution in [-0.2, 0) is 22.5 Å². The first-order valence-corrected chi connectivity index (χ1v) is 14.3. The number of rotatable bonds is 7. The Balaban J connectivity index is 1.05. The molecule has 0 unspecified atom stereocenters. The summed E-state index contributed by atoms with van der Waals surface area (Å²) >= 11 is 0. The second-order valence-corrected chi connectivity index (χ2v) is 11.2. The molecule has 38 heavy (non-hydrogen) atoms. The third kappa shape index (κ3) is 5.02. The molecule has 7 nitrogen and oxygen atoms in total. The molecule has 7 heteroatoms. The zero-order valence-corrected chi connectivity index (χ0v) is 22.5. The van der Waals surface area contributed by atoms with Gasteiger partial charge in [-0.3, -0.25) is 14.5 Å². The van der Waals surface area contributed by atoms with Crippen LogP contribution in [0.2, 0.25) is 0 Å². The van der Waals surface area contributed by atoms with Crippen molar-refractivity contribution in [2.75, 3.05) is 39.3 Å². The lowest BCUT2D eigenvalue weighted by atomic mass is 9.97. The van der Waals surface area contributed by atoms with E-state index in [0.717, 1.165) is 72.2 Å². The van der Waals surface area contributed by atoms with E-state index >= 15 is 0 Å². The molecule has 0 N–H and O–H groups in total. The Labute approximate surface area is 224 Å². The monoisotopic (exact) mass is 514 g/mol. The van der Waals surface area contributed by atoms with Gasteiger partial charge in [-0.2, -0.15) is 0 Å². The minimum absolute atomic E-state index is 0.0457. The Morgan fingerprint density at radius 3 is 2.63 bits per heavy atom. The smallest absolute Gasteiger partial charge is 0.320 e. The number of fused-ring (bicyclic) bond motifs is 4. The molecule has 0 saturated carbocycles. The fourth-order valence-electron chi connectivity index (χ4n) is 6.59. The molecule has 1 aromatic carbocycles. The first-order valence-electron chi connectivity index (χ1n) is 14.3. The van der Waals surface area contributed by atoms with Gasteiger partial charge in [0.05, 0.1) is 36.6 Å². The van der Waals surface area contributed by atoms with E-state index in [0.29, 0.717) is 25.7 Å². The molecular weight excluding hydrogens is 476 g/mol. The van der Waals surface area contributed by atoms with E-state index in [-0.39, 0.29) is 11.5 Å². The number of hydrogen-bond acceptors (Lipinski definition) is 6. The highest BCUT2D eigenvalue weighted by atomic mass is 16.5. The molecule has 6 rings (SSSR count). The van der Waals surface area contributed by atoms with Crippen LogP contribution in [0.1, 0.15) is 55.2 Å². The summed E-state index contributed by atoms with van der Waals surface area (Å²) in [5.41, 5.74) is 5.85. The van der Waals surface area contributed by atoms with E-state index < -0.39 is 0 Å². The lowest BCUT2D eigenvalue weighted by molar-refractivity contribution is -0.145. The second-order valence-electron chi connectivity index (χ2n) is 11.2. The highest BCUT2D eigenvalue weighted by Gasteiger charge is 2.27. The number of para-hydroxylation sites is 1. The quantitative estimate of drug-likeness (QED) is 0.273. The number of carbonyl (C=O) groups is 1. The topological polar surface area (TPSA) is 67.7 Å². The van der Waals surface area contributed by atoms with Crippen LogP contribution in [0.25, 0.3) is 22.3 Å². The standard InChI is InChI=1S/C31H38N4O3/c1-22-11-12-28-30-26(20-35(28)31(22)37)24(25-8-3-4-10-27(25)32-30)9-7-19-38-29(36)21-33-17-13-23(14-18-33)34-15-5-2-6-16-34/h3-4,8,10-12,23H,2,5-7,9,13-21H2,1H3. The van der Waals surface area contributed by atoms with Gasteiger partial charge in [0.25, 0.3) is 5.56 Å². The molecule has 3 aromatic rings. The van der Waals surface area contributed by atoms with Gasteiger partial charge < -0.3 is 14.2 Å². The fraction of sp³-hybridized carbons (Fsp3) is 0.516. The zero-order valence-electron chi connectivity index (χ0n) is 22.5. The van der Waals surface area contributed by atoms with Gasteiger partial charge in [-0.05, 0) is 76.2 Å². The maximum Gasteiger partial charge on any atom is 0.320 e. The molecule has 0 aliphatic carbocycles. The predicted molar refractivity (Wildman–Crippen MR) is 149 cm³/mol. The maximum atomic E-state index is 12.8. The molecule has 2 aromatic heterocycles. The number of ether oxygens (including phenoxy) is 1. The lowest BCUT2D eigenvalue weighted by Gasteiger charge is -2.39. The number of piperidine rings is 2. The minimum Gasteiger partial charge on any atom is -0.465 e. The molecule has 2 saturated heterocycles. The molecule has 200 valence electrons. The summed E-state index contributed by atoms with van der Waals surface area (Å²) in [6.45, 7) is 7.63. The van der Waals surface area contributed by atoms with Crippen LogP contribution in [-0.4, -0.2) is 70.7 Å². The summed E-state index contributed by atoms with van der Waals surface area (Å²) in [6, 6.07) is 12.7. The first kappa shape index (κ1) is 25.3. The highest BCUT2D eigenvalue weighted by molar-refractivity contribution is 5.88. The van der Waals surface area contributed by atoms with Crippen molar-refractivity contribution in [3.05, 3.63) is 63.4 Å². The van der Waals surface area contributed by atoms with Crippen molar-refractivity contribution in [1.82, 2.24) is 19.4 Å². The molecule has 0 atom stereocenters. The van der Waals surface area contributed by atoms with Crippen LogP contribution < -0.4 is 5.56 Å². The lowest BCUT2D eigenvalue weighted by Crippen LogP contribution is -2.47. The Morgan fingerprint density at radius 2 is 1.82 bits per heavy atom. The fourth-order valence-corrected chi connectivity index (χ4v) is 6.59. The van der Waals surface area contributed by atoms with Crippen molar-refractivity contribution in [3.8, 4) is 11.4 Å². The van der Waals surface area contributed by atoms with Crippen molar-refractivity contribution in [2.24, 2.45) is 0 Å². The molecule has 3 aliphatic rings. The van der Waals surface area contributed by atoms with Gasteiger partial charge in [-0.25, -0.2) is 4.98 Å². The number of benzene rings is 1. The van der Waals surface area contributed by atoms with Crippen LogP contribution in [0.5, 0.6) is 0 Å². The zero-order chi connectivity index (χ0) is 26.1. The van der Waals surface area contributed by atoms with Gasteiger partial charge in [-0.1, -0.05) is 30.7 Å². The van der Waals surface area contributed by atoms with Crippen molar-refractivity contribution in [3.63, 3.8) is 0 Å². The summed E-state index contributed by atoms with van der Waals surface area (Å²) in [7, 11) is 0. The van der Waals surface area contributed by atoms with Gasteiger partial charge in [0, 0.05) is 35.6 Å². The summed E-state index contributed by atoms with van der Waals surface area (Å²) in [5.74, 6) is -0.124. The van der Waals surface area contributed by atoms with Crippen molar-refractivity contribution in [2.45, 2.75) is 64.5 Å². The Bertz CT molecular complexity index is 1380. The largest absolute Gasteiger partial charge is 0.465 e. The molecule has 0 bridgehead atoms. The maximum absolute atomic E-state index is 12.8. The molecule has 0 spiro atoms. The highest BCUT2D eigenvalue weighted by Crippen LogP contribution is 2.35. The first-order chi connectivity index (χ1) is 18.6. The summed E-state index contributed by atoms with van der Waals surface area (Å²) in [5, 5.41) is 1.12. The SMILES string of the molecule is Cc1ccc2n(c1=O)Cc1c-2nc2ccccc2c1CCCOC(=O)CN1CCC(N2CCCCC2)CC1. The number of likely N-dealkylation sites (tertiary alicyclic amines) is 2. The molecule has 2 fully saturated rings. The second kappa shape index (κ2) is 11.0. The predicted octanol–water partition coefficient (Wildman–Crippen LogP) is 4.16. The van der Waals surface area contributed by atoms with Crippen LogP contribution in [0.15, 0.2) is 41.2 Å². The Morgan fingerprint density at radius 1 is 1.03 bits per heavy atom. The number of aryl methyl sites for hydroxylation is 2. The van der Waals surface area contributed by atoms with Crippen molar-refractivity contribution < 1.29 is 9.53 Å². The summed E-state index contributed by atoms with van der Waals surface area (Å²) in [6.07, 6.45) is 7.85. The number of pyridine rings is 2. The van der Waals surface area contributed by atoms with Crippen LogP contribution >= 0.6 is 0 Å². The van der Waals surface area contributed by atoms with Gasteiger partial charge in [-0.15, -0.1) is 0 Å². The summed E-state index contributed by atoms with van der Waals surface area (Å²) < 4.78 is 7.51. The van der Waals surface area contributed by atoms with Crippen LogP contribution in [0.4, 0.5) is 0 Å². The third-order valence-corrected chi connectivity index (χ3v) is 8.69. The number of nitrogens with zero attached hydrogens (tertiary/aromatic N) is 4. The van der Waals surface area contributed by atoms with Crippen molar-refractivity contribution in [1.29, 1.82) is 0 Å². The molecule has 3 aliphatic heterocycles. The summed E-state index contributed by atoms with van der Waals surface area (Å²) in [4.78, 5) is 35.2. The van der Waals surface area contributed by atoms with E-state index in [9.17, 15) is 9.59 Å². The van der Waals surface area contributed by atoms with Crippen molar-refractivity contribution >= 4 is 16.9 Å². The van der Waals surface area contributed by atoms with E-state index in [1.54, 1.807) is 0 Å². The minimum atomic E-state index is -0.124. The average Bonchev–Trinajstić information content (AvgIpc) is 3.32. The average molecular weight is 515 g/mol. The number of carbonyl (C=O) groups excluding carboxylic acids is 1. The molecule has 0 radical (unpaired) electrons. The number of aromatic nitrogens is 2. The van der Waals surface area contributed by atoms with Gasteiger partial charge in [0.2, 0.25) is 0 Å². The molecular formula is C31H38N4O3. The van der Waals surface area contributed by atoms with E-state index in [1.807, 2.05) is 41.8 Å². The molecule has 0 amide bonds. The number of hydrogen-bond donors (Lipinski definition) is 0.